The lowest BCUT2D eigenvalue weighted by atomic mass is 10.0. The van der Waals surface area contributed by atoms with Crippen molar-refractivity contribution in [2.45, 2.75) is 71.1 Å². The number of fused-ring (bicyclic) bond motifs is 1. The minimum Gasteiger partial charge on any atom is -0.322 e. The molecule has 0 bridgehead atoms. The molecule has 1 N–H and O–H groups in total. The minimum absolute atomic E-state index is 0.0406. The molecule has 1 aliphatic rings. The van der Waals surface area contributed by atoms with E-state index in [9.17, 15) is 9.18 Å². The Bertz CT molecular complexity index is 1360. The second kappa shape index (κ2) is 10.1. The van der Waals surface area contributed by atoms with Crippen molar-refractivity contribution in [3.8, 4) is 0 Å². The summed E-state index contributed by atoms with van der Waals surface area (Å²) < 4.78 is 15.2. The van der Waals surface area contributed by atoms with Crippen molar-refractivity contribution in [2.24, 2.45) is 0 Å². The average Bonchev–Trinajstić information content (AvgIpc) is 3.54. The summed E-state index contributed by atoms with van der Waals surface area (Å²) in [6.07, 6.45) is 5.38. The SMILES string of the molecule is CC[C@H](c1nnnn1Cc1ccc(F)cc1)N(Cc1cc2cc(C)ccc2[nH]c1=O)C1CCCC1. The third-order valence-corrected chi connectivity index (χ3v) is 7.11. The van der Waals surface area contributed by atoms with Gasteiger partial charge in [-0.2, -0.15) is 0 Å². The van der Waals surface area contributed by atoms with Crippen LogP contribution in [-0.4, -0.2) is 36.1 Å². The Morgan fingerprint density at radius 3 is 2.66 bits per heavy atom. The highest BCUT2D eigenvalue weighted by atomic mass is 19.1. The summed E-state index contributed by atoms with van der Waals surface area (Å²) in [5.41, 5.74) is 3.65. The molecule has 0 saturated heterocycles. The number of halogens is 1. The summed E-state index contributed by atoms with van der Waals surface area (Å²) >= 11 is 0. The summed E-state index contributed by atoms with van der Waals surface area (Å²) in [7, 11) is 0. The normalized spacial score (nSPS) is 15.3. The molecule has 1 atom stereocenters. The zero-order chi connectivity index (χ0) is 24.4. The largest absolute Gasteiger partial charge is 0.322 e. The van der Waals surface area contributed by atoms with Gasteiger partial charge in [-0.3, -0.25) is 9.69 Å². The molecular weight excluding hydrogens is 443 g/mol. The first-order valence-corrected chi connectivity index (χ1v) is 12.4. The molecule has 2 aromatic heterocycles. The molecule has 182 valence electrons. The molecular formula is C27H31FN6O. The first kappa shape index (κ1) is 23.4. The molecule has 1 saturated carbocycles. The van der Waals surface area contributed by atoms with Gasteiger partial charge in [0.1, 0.15) is 5.82 Å². The third-order valence-electron chi connectivity index (χ3n) is 7.11. The van der Waals surface area contributed by atoms with E-state index in [1.165, 1.54) is 25.0 Å². The van der Waals surface area contributed by atoms with Crippen LogP contribution in [0.5, 0.6) is 0 Å². The lowest BCUT2D eigenvalue weighted by molar-refractivity contribution is 0.112. The van der Waals surface area contributed by atoms with Crippen LogP contribution in [-0.2, 0) is 13.1 Å². The Labute approximate surface area is 204 Å². The summed E-state index contributed by atoms with van der Waals surface area (Å²) in [6.45, 7) is 5.19. The summed E-state index contributed by atoms with van der Waals surface area (Å²) in [4.78, 5) is 18.5. The summed E-state index contributed by atoms with van der Waals surface area (Å²) in [6, 6.07) is 14.8. The second-order valence-electron chi connectivity index (χ2n) is 9.57. The van der Waals surface area contributed by atoms with Crippen LogP contribution in [0.4, 0.5) is 4.39 Å². The Morgan fingerprint density at radius 1 is 1.14 bits per heavy atom. The molecule has 2 aromatic carbocycles. The van der Waals surface area contributed by atoms with Gasteiger partial charge in [-0.25, -0.2) is 9.07 Å². The Morgan fingerprint density at radius 2 is 1.91 bits per heavy atom. The molecule has 4 aromatic rings. The molecule has 1 aliphatic carbocycles. The van der Waals surface area contributed by atoms with Crippen LogP contribution in [0.25, 0.3) is 10.9 Å². The number of nitrogens with one attached hydrogen (secondary N) is 1. The summed E-state index contributed by atoms with van der Waals surface area (Å²) in [5.74, 6) is 0.511. The van der Waals surface area contributed by atoms with E-state index in [-0.39, 0.29) is 17.4 Å². The highest BCUT2D eigenvalue weighted by Gasteiger charge is 2.32. The van der Waals surface area contributed by atoms with Gasteiger partial charge >= 0.3 is 0 Å². The maximum Gasteiger partial charge on any atom is 0.252 e. The number of hydrogen-bond donors (Lipinski definition) is 1. The Balaban J connectivity index is 1.49. The standard InChI is InChI=1S/C27H31FN6O/c1-3-25(26-30-31-32-34(26)16-19-9-11-22(28)12-10-19)33(23-6-4-5-7-23)17-21-15-20-14-18(2)8-13-24(20)29-27(21)35/h8-15,23,25H,3-7,16-17H2,1-2H3,(H,29,35)/t25-/m1/s1. The molecule has 5 rings (SSSR count). The van der Waals surface area contributed by atoms with Gasteiger partial charge in [-0.15, -0.1) is 5.10 Å². The number of rotatable bonds is 8. The molecule has 35 heavy (non-hydrogen) atoms. The van der Waals surface area contributed by atoms with Crippen LogP contribution >= 0.6 is 0 Å². The number of benzene rings is 2. The number of tetrazole rings is 1. The van der Waals surface area contributed by atoms with Crippen molar-refractivity contribution < 1.29 is 4.39 Å². The van der Waals surface area contributed by atoms with Gasteiger partial charge in [-0.05, 0) is 77.9 Å². The first-order chi connectivity index (χ1) is 17.0. The molecule has 0 radical (unpaired) electrons. The van der Waals surface area contributed by atoms with Crippen LogP contribution < -0.4 is 5.56 Å². The van der Waals surface area contributed by atoms with Gasteiger partial charge in [0.05, 0.1) is 12.6 Å². The first-order valence-electron chi connectivity index (χ1n) is 12.4. The number of aromatic nitrogens is 5. The molecule has 8 heteroatoms. The van der Waals surface area contributed by atoms with Crippen LogP contribution in [0.1, 0.15) is 67.6 Å². The molecule has 0 unspecified atom stereocenters. The van der Waals surface area contributed by atoms with Gasteiger partial charge < -0.3 is 4.98 Å². The fourth-order valence-electron chi connectivity index (χ4n) is 5.31. The Hall–Kier alpha value is -3.39. The fraction of sp³-hybridized carbons (Fsp3) is 0.407. The summed E-state index contributed by atoms with van der Waals surface area (Å²) in [5, 5.41) is 13.7. The molecule has 7 nitrogen and oxygen atoms in total. The van der Waals surface area contributed by atoms with E-state index in [1.807, 2.05) is 18.2 Å². The average molecular weight is 475 g/mol. The predicted molar refractivity (Wildman–Crippen MR) is 133 cm³/mol. The maximum atomic E-state index is 13.4. The lowest BCUT2D eigenvalue weighted by Crippen LogP contribution is -2.39. The maximum absolute atomic E-state index is 13.4. The number of nitrogens with zero attached hydrogens (tertiary/aromatic N) is 5. The number of pyridine rings is 1. The second-order valence-corrected chi connectivity index (χ2v) is 9.57. The van der Waals surface area contributed by atoms with Crippen LogP contribution in [0.3, 0.4) is 0 Å². The van der Waals surface area contributed by atoms with E-state index in [1.54, 1.807) is 16.8 Å². The van der Waals surface area contributed by atoms with E-state index >= 15 is 0 Å². The van der Waals surface area contributed by atoms with Crippen LogP contribution in [0, 0.1) is 12.7 Å². The van der Waals surface area contributed by atoms with Crippen LogP contribution in [0.2, 0.25) is 0 Å². The van der Waals surface area contributed by atoms with E-state index in [4.69, 9.17) is 0 Å². The quantitative estimate of drug-likeness (QED) is 0.393. The van der Waals surface area contributed by atoms with Crippen molar-refractivity contribution in [3.63, 3.8) is 0 Å². The predicted octanol–water partition coefficient (Wildman–Crippen LogP) is 4.91. The van der Waals surface area contributed by atoms with E-state index < -0.39 is 0 Å². The van der Waals surface area contributed by atoms with Gasteiger partial charge in [0.15, 0.2) is 5.82 Å². The molecule has 0 amide bonds. The van der Waals surface area contributed by atoms with Crippen molar-refractivity contribution in [2.75, 3.05) is 0 Å². The van der Waals surface area contributed by atoms with Crippen molar-refractivity contribution >= 4 is 10.9 Å². The fourth-order valence-corrected chi connectivity index (χ4v) is 5.31. The lowest BCUT2D eigenvalue weighted by Gasteiger charge is -2.35. The monoisotopic (exact) mass is 474 g/mol. The molecule has 0 aliphatic heterocycles. The number of hydrogen-bond acceptors (Lipinski definition) is 5. The highest BCUT2D eigenvalue weighted by Crippen LogP contribution is 2.33. The smallest absolute Gasteiger partial charge is 0.252 e. The number of H-pyrrole nitrogens is 1. The minimum atomic E-state index is -0.264. The van der Waals surface area contributed by atoms with Crippen molar-refractivity contribution in [3.05, 3.63) is 87.2 Å². The zero-order valence-corrected chi connectivity index (χ0v) is 20.2. The van der Waals surface area contributed by atoms with E-state index in [0.717, 1.165) is 52.7 Å². The van der Waals surface area contributed by atoms with Gasteiger partial charge in [0.2, 0.25) is 0 Å². The van der Waals surface area contributed by atoms with Crippen molar-refractivity contribution in [1.82, 2.24) is 30.1 Å². The van der Waals surface area contributed by atoms with Gasteiger partial charge in [-0.1, -0.05) is 43.5 Å². The zero-order valence-electron chi connectivity index (χ0n) is 20.2. The van der Waals surface area contributed by atoms with Crippen molar-refractivity contribution in [1.29, 1.82) is 0 Å². The van der Waals surface area contributed by atoms with Gasteiger partial charge in [0.25, 0.3) is 5.56 Å². The number of aromatic amines is 1. The highest BCUT2D eigenvalue weighted by molar-refractivity contribution is 5.79. The molecule has 1 fully saturated rings. The third kappa shape index (κ3) is 5.03. The Kier molecular flexibility index (Phi) is 6.72. The number of aryl methyl sites for hydroxylation is 1. The van der Waals surface area contributed by atoms with Gasteiger partial charge in [0, 0.05) is 23.7 Å². The molecule has 2 heterocycles. The van der Waals surface area contributed by atoms with E-state index in [0.29, 0.717) is 19.1 Å². The topological polar surface area (TPSA) is 79.7 Å². The van der Waals surface area contributed by atoms with Crippen LogP contribution in [0.15, 0.2) is 53.3 Å². The molecule has 0 spiro atoms. The van der Waals surface area contributed by atoms with E-state index in [2.05, 4.69) is 45.3 Å².